The van der Waals surface area contributed by atoms with Gasteiger partial charge in [-0.1, -0.05) is 30.3 Å². The molecule has 2 heterocycles. The first-order valence-electron chi connectivity index (χ1n) is 9.17. The van der Waals surface area contributed by atoms with Crippen LogP contribution in [0.2, 0.25) is 0 Å². The zero-order valence-electron chi connectivity index (χ0n) is 15.4. The summed E-state index contributed by atoms with van der Waals surface area (Å²) in [6, 6.07) is 14.7. The Hall–Kier alpha value is -2.80. The highest BCUT2D eigenvalue weighted by Crippen LogP contribution is 2.35. The normalized spacial score (nSPS) is 19.1. The summed E-state index contributed by atoms with van der Waals surface area (Å²) in [7, 11) is 0. The summed E-state index contributed by atoms with van der Waals surface area (Å²) in [4.78, 5) is 40.4. The average molecular weight is 396 g/mol. The maximum atomic E-state index is 12.9. The third-order valence-electron chi connectivity index (χ3n) is 4.97. The maximum Gasteiger partial charge on any atom is 0.316 e. The largest absolute Gasteiger partial charge is 0.452 e. The third-order valence-corrected chi connectivity index (χ3v) is 6.01. The third kappa shape index (κ3) is 3.38. The van der Waals surface area contributed by atoms with Crippen LogP contribution >= 0.6 is 11.8 Å². The van der Waals surface area contributed by atoms with Gasteiger partial charge in [0.25, 0.3) is 11.8 Å². The van der Waals surface area contributed by atoms with E-state index in [9.17, 15) is 14.4 Å². The molecule has 6 nitrogen and oxygen atoms in total. The second-order valence-electron chi connectivity index (χ2n) is 6.74. The van der Waals surface area contributed by atoms with E-state index in [1.807, 2.05) is 24.3 Å². The number of anilines is 1. The predicted molar refractivity (Wildman–Crippen MR) is 107 cm³/mol. The highest BCUT2D eigenvalue weighted by atomic mass is 32.2. The number of ether oxygens (including phenoxy) is 1. The van der Waals surface area contributed by atoms with E-state index in [0.29, 0.717) is 17.7 Å². The number of fused-ring (bicyclic) bond motifs is 2. The minimum absolute atomic E-state index is 0.165. The number of esters is 1. The van der Waals surface area contributed by atoms with Gasteiger partial charge in [0, 0.05) is 29.3 Å². The Labute approximate surface area is 167 Å². The number of nitrogens with one attached hydrogen (secondary N) is 1. The number of nitrogens with zero attached hydrogens (tertiary/aromatic N) is 1. The summed E-state index contributed by atoms with van der Waals surface area (Å²) < 4.78 is 5.52. The molecule has 144 valence electrons. The number of benzene rings is 2. The highest BCUT2D eigenvalue weighted by molar-refractivity contribution is 7.99. The molecule has 2 unspecified atom stereocenters. The van der Waals surface area contributed by atoms with Gasteiger partial charge in [-0.25, -0.2) is 0 Å². The van der Waals surface area contributed by atoms with E-state index in [2.05, 4.69) is 5.32 Å². The van der Waals surface area contributed by atoms with Gasteiger partial charge in [0.1, 0.15) is 0 Å². The lowest BCUT2D eigenvalue weighted by molar-refractivity contribution is -0.155. The van der Waals surface area contributed by atoms with Gasteiger partial charge in [-0.05, 0) is 30.7 Å². The molecule has 2 aromatic rings. The molecule has 0 fully saturated rings. The molecule has 2 amide bonds. The Morgan fingerprint density at radius 3 is 2.79 bits per heavy atom. The monoisotopic (exact) mass is 396 g/mol. The Morgan fingerprint density at radius 2 is 1.93 bits per heavy atom. The summed E-state index contributed by atoms with van der Waals surface area (Å²) in [5.41, 5.74) is 1.95. The first-order valence-corrected chi connectivity index (χ1v) is 10.2. The van der Waals surface area contributed by atoms with Gasteiger partial charge in [-0.15, -0.1) is 11.8 Å². The number of thioether (sulfide) groups is 1. The van der Waals surface area contributed by atoms with Crippen LogP contribution in [0.5, 0.6) is 0 Å². The molecule has 0 saturated carbocycles. The van der Waals surface area contributed by atoms with Crippen molar-refractivity contribution in [3.8, 4) is 0 Å². The van der Waals surface area contributed by atoms with E-state index in [1.165, 1.54) is 0 Å². The van der Waals surface area contributed by atoms with E-state index >= 15 is 0 Å². The summed E-state index contributed by atoms with van der Waals surface area (Å²) in [5.74, 6) is -0.771. The lowest BCUT2D eigenvalue weighted by Gasteiger charge is -2.31. The van der Waals surface area contributed by atoms with Crippen molar-refractivity contribution < 1.29 is 19.1 Å². The van der Waals surface area contributed by atoms with Gasteiger partial charge in [0.2, 0.25) is 0 Å². The first-order chi connectivity index (χ1) is 13.6. The molecule has 1 N–H and O–H groups in total. The molecular weight excluding hydrogens is 376 g/mol. The van der Waals surface area contributed by atoms with Gasteiger partial charge in [-0.3, -0.25) is 14.4 Å². The summed E-state index contributed by atoms with van der Waals surface area (Å²) in [6.07, 6.45) is -0.909. The summed E-state index contributed by atoms with van der Waals surface area (Å²) in [5, 5.41) is 2.71. The molecule has 28 heavy (non-hydrogen) atoms. The van der Waals surface area contributed by atoms with Crippen LogP contribution in [0.3, 0.4) is 0 Å². The second-order valence-corrected chi connectivity index (χ2v) is 7.87. The number of carbonyl (C=O) groups is 3. The van der Waals surface area contributed by atoms with Crippen LogP contribution in [-0.2, 0) is 14.3 Å². The summed E-state index contributed by atoms with van der Waals surface area (Å²) >= 11 is 1.71. The molecule has 4 rings (SSSR count). The van der Waals surface area contributed by atoms with E-state index in [0.717, 1.165) is 16.3 Å². The van der Waals surface area contributed by atoms with Gasteiger partial charge in [-0.2, -0.15) is 0 Å². The molecule has 0 spiro atoms. The zero-order chi connectivity index (χ0) is 19.7. The number of hydrogen-bond acceptors (Lipinski definition) is 5. The van der Waals surface area contributed by atoms with Crippen molar-refractivity contribution in [1.29, 1.82) is 0 Å². The van der Waals surface area contributed by atoms with Crippen molar-refractivity contribution in [1.82, 2.24) is 5.32 Å². The minimum Gasteiger partial charge on any atom is -0.452 e. The van der Waals surface area contributed by atoms with Crippen LogP contribution in [0.1, 0.15) is 28.8 Å². The van der Waals surface area contributed by atoms with Crippen molar-refractivity contribution in [3.05, 3.63) is 59.7 Å². The van der Waals surface area contributed by atoms with E-state index in [1.54, 1.807) is 47.9 Å². The molecule has 2 aliphatic heterocycles. The topological polar surface area (TPSA) is 75.7 Å². The second kappa shape index (κ2) is 7.67. The Morgan fingerprint density at radius 1 is 1.18 bits per heavy atom. The number of hydrogen-bond donors (Lipinski definition) is 1. The van der Waals surface area contributed by atoms with Crippen LogP contribution < -0.4 is 10.2 Å². The molecule has 0 saturated heterocycles. The van der Waals surface area contributed by atoms with Gasteiger partial charge in [0.15, 0.2) is 6.10 Å². The molecule has 2 atom stereocenters. The number of rotatable bonds is 3. The lowest BCUT2D eigenvalue weighted by Crippen LogP contribution is -2.44. The first kappa shape index (κ1) is 18.6. The van der Waals surface area contributed by atoms with Crippen molar-refractivity contribution in [2.75, 3.05) is 23.7 Å². The molecule has 2 aliphatic rings. The van der Waals surface area contributed by atoms with Crippen LogP contribution in [0.4, 0.5) is 5.69 Å². The number of carbonyl (C=O) groups excluding carboxylic acids is 3. The quantitative estimate of drug-likeness (QED) is 0.807. The Kier molecular flexibility index (Phi) is 5.09. The highest BCUT2D eigenvalue weighted by Gasteiger charge is 2.34. The molecule has 0 aliphatic carbocycles. The standard InChI is InChI=1S/C21H20N2O4S/c1-13(20(25)23-10-11-28-18-9-5-4-8-17(18)23)27-21(26)16-12-22-19(24)15-7-3-2-6-14(15)16/h2-9,13,16H,10-12H2,1H3,(H,22,24). The van der Waals surface area contributed by atoms with Crippen LogP contribution in [0, 0.1) is 0 Å². The smallest absolute Gasteiger partial charge is 0.316 e. The number of amides is 2. The Bertz CT molecular complexity index is 946. The molecule has 0 aromatic heterocycles. The minimum atomic E-state index is -0.909. The zero-order valence-corrected chi connectivity index (χ0v) is 16.2. The van der Waals surface area contributed by atoms with Gasteiger partial charge < -0.3 is 15.0 Å². The van der Waals surface area contributed by atoms with Crippen LogP contribution in [0.25, 0.3) is 0 Å². The number of para-hydroxylation sites is 1. The molecule has 2 aromatic carbocycles. The fraction of sp³-hybridized carbons (Fsp3) is 0.286. The average Bonchev–Trinajstić information content (AvgIpc) is 2.73. The van der Waals surface area contributed by atoms with E-state index in [4.69, 9.17) is 4.74 Å². The fourth-order valence-electron chi connectivity index (χ4n) is 3.54. The van der Waals surface area contributed by atoms with Crippen LogP contribution in [0.15, 0.2) is 53.4 Å². The van der Waals surface area contributed by atoms with Crippen molar-refractivity contribution in [2.24, 2.45) is 0 Å². The van der Waals surface area contributed by atoms with E-state index in [-0.39, 0.29) is 18.4 Å². The van der Waals surface area contributed by atoms with Gasteiger partial charge >= 0.3 is 5.97 Å². The van der Waals surface area contributed by atoms with Crippen molar-refractivity contribution >= 4 is 35.2 Å². The Balaban J connectivity index is 1.49. The summed E-state index contributed by atoms with van der Waals surface area (Å²) in [6.45, 7) is 2.33. The van der Waals surface area contributed by atoms with E-state index < -0.39 is 18.0 Å². The molecular formula is C21H20N2O4S. The van der Waals surface area contributed by atoms with Crippen molar-refractivity contribution in [2.45, 2.75) is 23.8 Å². The maximum absolute atomic E-state index is 12.9. The lowest BCUT2D eigenvalue weighted by atomic mass is 9.90. The predicted octanol–water partition coefficient (Wildman–Crippen LogP) is 2.58. The SMILES string of the molecule is CC(OC(=O)C1CNC(=O)c2ccccc21)C(=O)N1CCSc2ccccc21. The molecule has 0 bridgehead atoms. The van der Waals surface area contributed by atoms with Crippen molar-refractivity contribution in [3.63, 3.8) is 0 Å². The fourth-order valence-corrected chi connectivity index (χ4v) is 4.54. The molecule has 7 heteroatoms. The van der Waals surface area contributed by atoms with Gasteiger partial charge in [0.05, 0.1) is 11.6 Å². The van der Waals surface area contributed by atoms with Crippen LogP contribution in [-0.4, -0.2) is 42.7 Å². The molecule has 0 radical (unpaired) electrons.